The molecule has 0 spiro atoms. The van der Waals surface area contributed by atoms with Gasteiger partial charge in [-0.25, -0.2) is 13.1 Å². The maximum absolute atomic E-state index is 12.7. The number of likely N-dealkylation sites (tertiary alicyclic amines) is 1. The summed E-state index contributed by atoms with van der Waals surface area (Å²) in [5, 5.41) is 2.45. The molecule has 0 saturated carbocycles. The van der Waals surface area contributed by atoms with Gasteiger partial charge < -0.3 is 15.0 Å². The van der Waals surface area contributed by atoms with E-state index < -0.39 is 15.9 Å². The zero-order chi connectivity index (χ0) is 19.2. The van der Waals surface area contributed by atoms with Crippen LogP contribution in [0.2, 0.25) is 0 Å². The van der Waals surface area contributed by atoms with E-state index in [2.05, 4.69) is 10.0 Å². The summed E-state index contributed by atoms with van der Waals surface area (Å²) in [6.07, 6.45) is 2.95. The molecule has 2 amide bonds. The van der Waals surface area contributed by atoms with Gasteiger partial charge in [-0.2, -0.15) is 0 Å². The summed E-state index contributed by atoms with van der Waals surface area (Å²) in [6, 6.07) is 4.17. The Hall–Kier alpha value is -2.13. The van der Waals surface area contributed by atoms with Crippen LogP contribution < -0.4 is 14.8 Å². The zero-order valence-corrected chi connectivity index (χ0v) is 15.9. The number of amides is 2. The standard InChI is InChI=1S/C17H25N3O5S/c1-3-25-14-8-7-13(17(22)18-2)11-15(14)26(23,24)19-12-16(21)20-9-5-4-6-10-20/h7-8,11,19H,3-6,9-10,12H2,1-2H3,(H,18,22). The van der Waals surface area contributed by atoms with E-state index in [4.69, 9.17) is 4.74 Å². The highest BCUT2D eigenvalue weighted by Gasteiger charge is 2.24. The maximum atomic E-state index is 12.7. The monoisotopic (exact) mass is 383 g/mol. The van der Waals surface area contributed by atoms with Crippen molar-refractivity contribution in [3.05, 3.63) is 23.8 Å². The van der Waals surface area contributed by atoms with Crippen LogP contribution in [-0.2, 0) is 14.8 Å². The minimum Gasteiger partial charge on any atom is -0.492 e. The van der Waals surface area contributed by atoms with Gasteiger partial charge in [-0.05, 0) is 44.4 Å². The summed E-state index contributed by atoms with van der Waals surface area (Å²) >= 11 is 0. The molecule has 1 aromatic carbocycles. The molecule has 0 aliphatic carbocycles. The molecule has 2 rings (SSSR count). The second-order valence-electron chi connectivity index (χ2n) is 5.94. The smallest absolute Gasteiger partial charge is 0.251 e. The molecule has 1 heterocycles. The van der Waals surface area contributed by atoms with Crippen LogP contribution in [0.15, 0.2) is 23.1 Å². The Morgan fingerprint density at radius 2 is 1.88 bits per heavy atom. The van der Waals surface area contributed by atoms with Crippen molar-refractivity contribution >= 4 is 21.8 Å². The number of ether oxygens (including phenoxy) is 1. The number of hydrogen-bond acceptors (Lipinski definition) is 5. The van der Waals surface area contributed by atoms with Crippen LogP contribution in [-0.4, -0.2) is 58.4 Å². The van der Waals surface area contributed by atoms with Crippen molar-refractivity contribution in [3.63, 3.8) is 0 Å². The Morgan fingerprint density at radius 1 is 1.19 bits per heavy atom. The Kier molecular flexibility index (Phi) is 6.98. The number of hydrogen-bond donors (Lipinski definition) is 2. The summed E-state index contributed by atoms with van der Waals surface area (Å²) in [6.45, 7) is 2.98. The molecule has 144 valence electrons. The lowest BCUT2D eigenvalue weighted by atomic mass is 10.1. The normalized spacial score (nSPS) is 14.8. The molecule has 0 radical (unpaired) electrons. The third-order valence-corrected chi connectivity index (χ3v) is 5.57. The van der Waals surface area contributed by atoms with Crippen LogP contribution in [0.5, 0.6) is 5.75 Å². The van der Waals surface area contributed by atoms with Crippen molar-refractivity contribution in [2.24, 2.45) is 0 Å². The molecule has 1 aromatic rings. The number of carbonyl (C=O) groups is 2. The Balaban J connectivity index is 2.19. The highest BCUT2D eigenvalue weighted by atomic mass is 32.2. The molecular formula is C17H25N3O5S. The topological polar surface area (TPSA) is 105 Å². The van der Waals surface area contributed by atoms with Gasteiger partial charge in [0.15, 0.2) is 0 Å². The first-order chi connectivity index (χ1) is 12.4. The first-order valence-corrected chi connectivity index (χ1v) is 10.1. The Labute approximate surface area is 153 Å². The van der Waals surface area contributed by atoms with Gasteiger partial charge in [0.25, 0.3) is 5.91 Å². The van der Waals surface area contributed by atoms with Gasteiger partial charge in [0.2, 0.25) is 15.9 Å². The maximum Gasteiger partial charge on any atom is 0.251 e. The summed E-state index contributed by atoms with van der Waals surface area (Å²) in [5.74, 6) is -0.527. The van der Waals surface area contributed by atoms with Crippen LogP contribution in [0.1, 0.15) is 36.5 Å². The first-order valence-electron chi connectivity index (χ1n) is 8.65. The lowest BCUT2D eigenvalue weighted by Crippen LogP contribution is -2.42. The summed E-state index contributed by atoms with van der Waals surface area (Å²) < 4.78 is 33.1. The zero-order valence-electron chi connectivity index (χ0n) is 15.1. The lowest BCUT2D eigenvalue weighted by molar-refractivity contribution is -0.130. The van der Waals surface area contributed by atoms with Gasteiger partial charge in [-0.3, -0.25) is 9.59 Å². The molecule has 8 nitrogen and oxygen atoms in total. The molecule has 0 unspecified atom stereocenters. The van der Waals surface area contributed by atoms with E-state index >= 15 is 0 Å². The van der Waals surface area contributed by atoms with Crippen LogP contribution in [0, 0.1) is 0 Å². The fraction of sp³-hybridized carbons (Fsp3) is 0.529. The van der Waals surface area contributed by atoms with E-state index in [9.17, 15) is 18.0 Å². The fourth-order valence-corrected chi connectivity index (χ4v) is 3.91. The first kappa shape index (κ1) is 20.2. The largest absolute Gasteiger partial charge is 0.492 e. The van der Waals surface area contributed by atoms with E-state index in [1.54, 1.807) is 11.8 Å². The van der Waals surface area contributed by atoms with Crippen molar-refractivity contribution in [2.45, 2.75) is 31.1 Å². The average Bonchev–Trinajstić information content (AvgIpc) is 2.66. The molecular weight excluding hydrogens is 358 g/mol. The predicted molar refractivity (Wildman–Crippen MR) is 96.6 cm³/mol. The molecule has 26 heavy (non-hydrogen) atoms. The number of benzene rings is 1. The molecule has 2 N–H and O–H groups in total. The number of nitrogens with one attached hydrogen (secondary N) is 2. The quantitative estimate of drug-likeness (QED) is 0.722. The van der Waals surface area contributed by atoms with Gasteiger partial charge in [-0.15, -0.1) is 0 Å². The van der Waals surface area contributed by atoms with E-state index in [1.165, 1.54) is 25.2 Å². The molecule has 0 bridgehead atoms. The molecule has 1 aliphatic rings. The number of nitrogens with zero attached hydrogens (tertiary/aromatic N) is 1. The highest BCUT2D eigenvalue weighted by Crippen LogP contribution is 2.25. The van der Waals surface area contributed by atoms with E-state index in [0.717, 1.165) is 19.3 Å². The average molecular weight is 383 g/mol. The minimum atomic E-state index is -4.01. The summed E-state index contributed by atoms with van der Waals surface area (Å²) in [7, 11) is -2.55. The summed E-state index contributed by atoms with van der Waals surface area (Å²) in [4.78, 5) is 25.5. The second-order valence-corrected chi connectivity index (χ2v) is 7.68. The molecule has 1 fully saturated rings. The number of piperidine rings is 1. The van der Waals surface area contributed by atoms with Crippen LogP contribution in [0.4, 0.5) is 0 Å². The van der Waals surface area contributed by atoms with E-state index in [-0.39, 0.29) is 35.3 Å². The van der Waals surface area contributed by atoms with Crippen molar-refractivity contribution in [1.29, 1.82) is 0 Å². The minimum absolute atomic E-state index is 0.137. The number of carbonyl (C=O) groups excluding carboxylic acids is 2. The van der Waals surface area contributed by atoms with Gasteiger partial charge in [-0.1, -0.05) is 0 Å². The number of rotatable bonds is 7. The van der Waals surface area contributed by atoms with E-state index in [1.807, 2.05) is 0 Å². The summed E-state index contributed by atoms with van der Waals surface area (Å²) in [5.41, 5.74) is 0.193. The number of sulfonamides is 1. The molecule has 1 saturated heterocycles. The van der Waals surface area contributed by atoms with Crippen molar-refractivity contribution in [1.82, 2.24) is 14.9 Å². The highest BCUT2D eigenvalue weighted by molar-refractivity contribution is 7.89. The van der Waals surface area contributed by atoms with Crippen LogP contribution in [0.25, 0.3) is 0 Å². The van der Waals surface area contributed by atoms with Crippen molar-refractivity contribution < 1.29 is 22.7 Å². The van der Waals surface area contributed by atoms with Gasteiger partial charge in [0, 0.05) is 25.7 Å². The van der Waals surface area contributed by atoms with Crippen LogP contribution in [0.3, 0.4) is 0 Å². The predicted octanol–water partition coefficient (Wildman–Crippen LogP) is 0.736. The van der Waals surface area contributed by atoms with Crippen LogP contribution >= 0.6 is 0 Å². The molecule has 0 atom stereocenters. The third kappa shape index (κ3) is 4.95. The van der Waals surface area contributed by atoms with Crippen molar-refractivity contribution in [3.8, 4) is 5.75 Å². The molecule has 9 heteroatoms. The van der Waals surface area contributed by atoms with Gasteiger partial charge in [0.05, 0.1) is 13.2 Å². The molecule has 1 aliphatic heterocycles. The SMILES string of the molecule is CCOc1ccc(C(=O)NC)cc1S(=O)(=O)NCC(=O)N1CCCCC1. The Morgan fingerprint density at radius 3 is 2.50 bits per heavy atom. The van der Waals surface area contributed by atoms with Crippen molar-refractivity contribution in [2.75, 3.05) is 33.3 Å². The second kappa shape index (κ2) is 9.00. The van der Waals surface area contributed by atoms with E-state index in [0.29, 0.717) is 13.1 Å². The van der Waals surface area contributed by atoms with Gasteiger partial charge in [0.1, 0.15) is 10.6 Å². The lowest BCUT2D eigenvalue weighted by Gasteiger charge is -2.26. The Bertz CT molecular complexity index is 758. The van der Waals surface area contributed by atoms with Gasteiger partial charge >= 0.3 is 0 Å². The fourth-order valence-electron chi connectivity index (χ4n) is 2.77. The third-order valence-electron chi connectivity index (χ3n) is 4.14. The molecule has 0 aromatic heterocycles.